The maximum atomic E-state index is 6.06. The predicted octanol–water partition coefficient (Wildman–Crippen LogP) is 4.37. The SMILES string of the molecule is CN=C(N)Cc1ccc(OCc2ccccc2)c(OCc2ccccc2)c1. The molecule has 4 nitrogen and oxygen atoms in total. The van der Waals surface area contributed by atoms with Crippen molar-refractivity contribution in [3.8, 4) is 11.5 Å². The van der Waals surface area contributed by atoms with Crippen LogP contribution in [0, 0.1) is 0 Å². The van der Waals surface area contributed by atoms with Gasteiger partial charge in [-0.3, -0.25) is 4.99 Å². The van der Waals surface area contributed by atoms with Gasteiger partial charge in [0, 0.05) is 13.5 Å². The average molecular weight is 360 g/mol. The first-order valence-electron chi connectivity index (χ1n) is 8.92. The minimum atomic E-state index is 0.476. The van der Waals surface area contributed by atoms with E-state index in [0.717, 1.165) is 16.7 Å². The first-order chi connectivity index (χ1) is 13.2. The molecule has 3 rings (SSSR count). The maximum Gasteiger partial charge on any atom is 0.161 e. The Morgan fingerprint density at radius 3 is 1.85 bits per heavy atom. The van der Waals surface area contributed by atoms with Gasteiger partial charge in [-0.15, -0.1) is 0 Å². The molecule has 0 fully saturated rings. The van der Waals surface area contributed by atoms with Crippen LogP contribution in [0.3, 0.4) is 0 Å². The third kappa shape index (κ3) is 5.61. The largest absolute Gasteiger partial charge is 0.485 e. The van der Waals surface area contributed by atoms with Crippen LogP contribution in [0.25, 0.3) is 0 Å². The second-order valence-electron chi connectivity index (χ2n) is 6.22. The van der Waals surface area contributed by atoms with Crippen LogP contribution in [-0.2, 0) is 19.6 Å². The molecule has 0 heterocycles. The van der Waals surface area contributed by atoms with E-state index in [0.29, 0.717) is 37.0 Å². The number of nitrogens with zero attached hydrogens (tertiary/aromatic N) is 1. The summed E-state index contributed by atoms with van der Waals surface area (Å²) in [5, 5.41) is 0. The van der Waals surface area contributed by atoms with Crippen LogP contribution in [0.5, 0.6) is 11.5 Å². The van der Waals surface area contributed by atoms with Crippen molar-refractivity contribution in [2.75, 3.05) is 7.05 Å². The molecule has 0 aliphatic heterocycles. The van der Waals surface area contributed by atoms with Crippen molar-refractivity contribution in [2.24, 2.45) is 10.7 Å². The summed E-state index contributed by atoms with van der Waals surface area (Å²) in [5.41, 5.74) is 9.12. The van der Waals surface area contributed by atoms with Crippen LogP contribution >= 0.6 is 0 Å². The highest BCUT2D eigenvalue weighted by molar-refractivity contribution is 5.82. The maximum absolute atomic E-state index is 6.06. The molecular weight excluding hydrogens is 336 g/mol. The lowest BCUT2D eigenvalue weighted by Crippen LogP contribution is -2.14. The summed E-state index contributed by atoms with van der Waals surface area (Å²) in [7, 11) is 1.69. The van der Waals surface area contributed by atoms with Crippen LogP contribution in [0.1, 0.15) is 16.7 Å². The van der Waals surface area contributed by atoms with Gasteiger partial charge in [-0.05, 0) is 28.8 Å². The molecule has 0 amide bonds. The molecule has 0 bridgehead atoms. The molecule has 0 aliphatic rings. The highest BCUT2D eigenvalue weighted by Crippen LogP contribution is 2.30. The quantitative estimate of drug-likeness (QED) is 0.479. The molecule has 0 unspecified atom stereocenters. The lowest BCUT2D eigenvalue weighted by molar-refractivity contribution is 0.256. The Kier molecular flexibility index (Phi) is 6.47. The number of hydrogen-bond acceptors (Lipinski definition) is 3. The first kappa shape index (κ1) is 18.5. The second-order valence-corrected chi connectivity index (χ2v) is 6.22. The van der Waals surface area contributed by atoms with E-state index in [9.17, 15) is 0 Å². The van der Waals surface area contributed by atoms with Gasteiger partial charge in [-0.25, -0.2) is 0 Å². The second kappa shape index (κ2) is 9.43. The van der Waals surface area contributed by atoms with E-state index in [1.165, 1.54) is 0 Å². The Hall–Kier alpha value is -3.27. The van der Waals surface area contributed by atoms with E-state index >= 15 is 0 Å². The molecule has 0 radical (unpaired) electrons. The van der Waals surface area contributed by atoms with Crippen molar-refractivity contribution in [2.45, 2.75) is 19.6 Å². The molecule has 0 atom stereocenters. The number of hydrogen-bond donors (Lipinski definition) is 1. The topological polar surface area (TPSA) is 56.8 Å². The first-order valence-corrected chi connectivity index (χ1v) is 8.92. The third-order valence-corrected chi connectivity index (χ3v) is 4.15. The molecule has 3 aromatic rings. The minimum absolute atomic E-state index is 0.476. The fraction of sp³-hybridized carbons (Fsp3) is 0.174. The normalized spacial score (nSPS) is 11.2. The molecule has 0 aliphatic carbocycles. The van der Waals surface area contributed by atoms with Crippen molar-refractivity contribution in [3.63, 3.8) is 0 Å². The monoisotopic (exact) mass is 360 g/mol. The fourth-order valence-electron chi connectivity index (χ4n) is 2.65. The Morgan fingerprint density at radius 2 is 1.30 bits per heavy atom. The van der Waals surface area contributed by atoms with Gasteiger partial charge < -0.3 is 15.2 Å². The van der Waals surface area contributed by atoms with Crippen LogP contribution in [0.2, 0.25) is 0 Å². The molecule has 0 saturated carbocycles. The summed E-state index contributed by atoms with van der Waals surface area (Å²) >= 11 is 0. The fourth-order valence-corrected chi connectivity index (χ4v) is 2.65. The predicted molar refractivity (Wildman–Crippen MR) is 109 cm³/mol. The summed E-state index contributed by atoms with van der Waals surface area (Å²) in [6, 6.07) is 26.0. The lowest BCUT2D eigenvalue weighted by atomic mass is 10.1. The number of amidine groups is 1. The summed E-state index contributed by atoms with van der Waals surface area (Å²) < 4.78 is 12.1. The van der Waals surface area contributed by atoms with Crippen molar-refractivity contribution < 1.29 is 9.47 Å². The number of aliphatic imine (C=N–C) groups is 1. The molecule has 2 N–H and O–H groups in total. The van der Waals surface area contributed by atoms with Crippen LogP contribution in [0.4, 0.5) is 0 Å². The van der Waals surface area contributed by atoms with E-state index < -0.39 is 0 Å². The molecule has 4 heteroatoms. The number of nitrogens with two attached hydrogens (primary N) is 1. The van der Waals surface area contributed by atoms with Crippen molar-refractivity contribution in [1.82, 2.24) is 0 Å². The van der Waals surface area contributed by atoms with Crippen molar-refractivity contribution in [3.05, 3.63) is 95.6 Å². The lowest BCUT2D eigenvalue weighted by Gasteiger charge is -2.14. The Bertz CT molecular complexity index is 877. The van der Waals surface area contributed by atoms with Gasteiger partial charge in [0.1, 0.15) is 13.2 Å². The van der Waals surface area contributed by atoms with E-state index in [4.69, 9.17) is 15.2 Å². The van der Waals surface area contributed by atoms with Gasteiger partial charge in [0.05, 0.1) is 5.84 Å². The third-order valence-electron chi connectivity index (χ3n) is 4.15. The minimum Gasteiger partial charge on any atom is -0.485 e. The summed E-state index contributed by atoms with van der Waals surface area (Å²) in [6.45, 7) is 0.962. The standard InChI is InChI=1S/C23H24N2O2/c1-25-23(24)15-20-12-13-21(26-16-18-8-4-2-5-9-18)22(14-20)27-17-19-10-6-3-7-11-19/h2-14H,15-17H2,1H3,(H2,24,25). The number of benzene rings is 3. The highest BCUT2D eigenvalue weighted by atomic mass is 16.5. The zero-order valence-corrected chi connectivity index (χ0v) is 15.5. The molecule has 0 aromatic heterocycles. The highest BCUT2D eigenvalue weighted by Gasteiger charge is 2.09. The van der Waals surface area contributed by atoms with E-state index in [1.54, 1.807) is 7.05 Å². The van der Waals surface area contributed by atoms with Gasteiger partial charge in [0.25, 0.3) is 0 Å². The van der Waals surface area contributed by atoms with Gasteiger partial charge in [-0.2, -0.15) is 0 Å². The van der Waals surface area contributed by atoms with Crippen molar-refractivity contribution >= 4 is 5.84 Å². The average Bonchev–Trinajstić information content (AvgIpc) is 2.73. The van der Waals surface area contributed by atoms with E-state index in [2.05, 4.69) is 4.99 Å². The molecular formula is C23H24N2O2. The molecule has 0 saturated heterocycles. The number of ether oxygens (including phenoxy) is 2. The van der Waals surface area contributed by atoms with Gasteiger partial charge in [0.15, 0.2) is 11.5 Å². The van der Waals surface area contributed by atoms with Gasteiger partial charge >= 0.3 is 0 Å². The summed E-state index contributed by atoms with van der Waals surface area (Å²) in [4.78, 5) is 4.03. The molecule has 3 aromatic carbocycles. The Balaban J connectivity index is 1.77. The summed E-state index contributed by atoms with van der Waals surface area (Å²) in [6.07, 6.45) is 0.581. The smallest absolute Gasteiger partial charge is 0.161 e. The zero-order valence-electron chi connectivity index (χ0n) is 15.5. The zero-order chi connectivity index (χ0) is 18.9. The molecule has 27 heavy (non-hydrogen) atoms. The van der Waals surface area contributed by atoms with Crippen LogP contribution in [0.15, 0.2) is 83.9 Å². The van der Waals surface area contributed by atoms with E-state index in [-0.39, 0.29) is 0 Å². The molecule has 138 valence electrons. The Labute approximate surface area is 160 Å². The van der Waals surface area contributed by atoms with Gasteiger partial charge in [0.2, 0.25) is 0 Å². The van der Waals surface area contributed by atoms with Crippen LogP contribution < -0.4 is 15.2 Å². The Morgan fingerprint density at radius 1 is 0.741 bits per heavy atom. The van der Waals surface area contributed by atoms with Gasteiger partial charge in [-0.1, -0.05) is 66.7 Å². The van der Waals surface area contributed by atoms with Crippen molar-refractivity contribution in [1.29, 1.82) is 0 Å². The van der Waals surface area contributed by atoms with Crippen LogP contribution in [-0.4, -0.2) is 12.9 Å². The van der Waals surface area contributed by atoms with E-state index in [1.807, 2.05) is 78.9 Å². The summed E-state index contributed by atoms with van der Waals surface area (Å²) in [5.74, 6) is 2.00. The molecule has 0 spiro atoms. The number of rotatable bonds is 8.